The molecule has 92 valence electrons. The Labute approximate surface area is 98.9 Å². The molecule has 0 bridgehead atoms. The number of amides is 1. The summed E-state index contributed by atoms with van der Waals surface area (Å²) in [5.41, 5.74) is 0.0686. The van der Waals surface area contributed by atoms with Crippen LogP contribution in [-0.4, -0.2) is 45.3 Å². The Kier molecular flexibility index (Phi) is 3.19. The molecule has 1 unspecified atom stereocenters. The van der Waals surface area contributed by atoms with Gasteiger partial charge in [-0.1, -0.05) is 6.07 Å². The lowest BCUT2D eigenvalue weighted by atomic mass is 10.1. The average Bonchev–Trinajstić information content (AvgIpc) is 2.32. The Morgan fingerprint density at radius 3 is 2.82 bits per heavy atom. The van der Waals surface area contributed by atoms with Gasteiger partial charge in [-0.3, -0.25) is 4.79 Å². The number of benzene rings is 1. The number of rotatable bonds is 1. The molecule has 0 aromatic heterocycles. The summed E-state index contributed by atoms with van der Waals surface area (Å²) in [6.45, 7) is 0.832. The first-order valence-corrected chi connectivity index (χ1v) is 5.58. The first-order chi connectivity index (χ1) is 8.09. The Morgan fingerprint density at radius 2 is 2.12 bits per heavy atom. The number of carbonyl (C=O) groups excluding carboxylic acids is 1. The molecule has 1 heterocycles. The molecule has 1 fully saturated rings. The fourth-order valence-electron chi connectivity index (χ4n) is 2.01. The fraction of sp³-hybridized carbons (Fsp3) is 0.417. The molecule has 0 spiro atoms. The maximum Gasteiger partial charge on any atom is 0.257 e. The van der Waals surface area contributed by atoms with Crippen LogP contribution in [0.25, 0.3) is 0 Å². The molecule has 0 aliphatic carbocycles. The van der Waals surface area contributed by atoms with Crippen molar-refractivity contribution in [2.45, 2.75) is 18.9 Å². The van der Waals surface area contributed by atoms with Crippen molar-refractivity contribution in [2.24, 2.45) is 0 Å². The summed E-state index contributed by atoms with van der Waals surface area (Å²) in [5, 5.41) is 28.4. The molecule has 1 saturated heterocycles. The van der Waals surface area contributed by atoms with Crippen LogP contribution in [0.3, 0.4) is 0 Å². The maximum absolute atomic E-state index is 12.1. The first-order valence-electron chi connectivity index (χ1n) is 5.58. The van der Waals surface area contributed by atoms with Crippen LogP contribution in [0.5, 0.6) is 11.5 Å². The van der Waals surface area contributed by atoms with Crippen LogP contribution in [-0.2, 0) is 0 Å². The van der Waals surface area contributed by atoms with Crippen LogP contribution in [0.2, 0.25) is 0 Å². The van der Waals surface area contributed by atoms with Crippen LogP contribution < -0.4 is 0 Å². The van der Waals surface area contributed by atoms with E-state index < -0.39 is 11.9 Å². The molecule has 1 aromatic carbocycles. The lowest BCUT2D eigenvalue weighted by molar-refractivity contribution is 0.0471. The lowest BCUT2D eigenvalue weighted by Crippen LogP contribution is -2.42. The molecule has 2 rings (SSSR count). The van der Waals surface area contributed by atoms with Gasteiger partial charge in [-0.15, -0.1) is 0 Å². The minimum atomic E-state index is -0.507. The SMILES string of the molecule is O=C(c1cccc(O)c1O)N1CCCC(O)C1. The second kappa shape index (κ2) is 4.63. The van der Waals surface area contributed by atoms with Crippen molar-refractivity contribution < 1.29 is 20.1 Å². The third kappa shape index (κ3) is 2.34. The highest BCUT2D eigenvalue weighted by molar-refractivity contribution is 5.97. The van der Waals surface area contributed by atoms with Crippen molar-refractivity contribution in [3.63, 3.8) is 0 Å². The second-order valence-corrected chi connectivity index (χ2v) is 4.22. The average molecular weight is 237 g/mol. The molecular weight excluding hydrogens is 222 g/mol. The van der Waals surface area contributed by atoms with Crippen LogP contribution in [0.4, 0.5) is 0 Å². The number of para-hydroxylation sites is 1. The van der Waals surface area contributed by atoms with E-state index in [1.54, 1.807) is 0 Å². The molecule has 3 N–H and O–H groups in total. The van der Waals surface area contributed by atoms with E-state index in [0.29, 0.717) is 13.0 Å². The molecule has 1 aromatic rings. The van der Waals surface area contributed by atoms with E-state index in [1.807, 2.05) is 0 Å². The van der Waals surface area contributed by atoms with Gasteiger partial charge in [0.2, 0.25) is 0 Å². The first kappa shape index (κ1) is 11.7. The predicted molar refractivity (Wildman–Crippen MR) is 60.9 cm³/mol. The Balaban J connectivity index is 2.22. The zero-order chi connectivity index (χ0) is 12.4. The van der Waals surface area contributed by atoms with Crippen LogP contribution in [0.15, 0.2) is 18.2 Å². The third-order valence-corrected chi connectivity index (χ3v) is 2.93. The third-order valence-electron chi connectivity index (χ3n) is 2.93. The molecule has 5 heteroatoms. The van der Waals surface area contributed by atoms with E-state index in [9.17, 15) is 20.1 Å². The van der Waals surface area contributed by atoms with Gasteiger partial charge in [0.1, 0.15) is 0 Å². The molecule has 1 aliphatic heterocycles. The van der Waals surface area contributed by atoms with E-state index in [-0.39, 0.29) is 23.8 Å². The number of aromatic hydroxyl groups is 2. The van der Waals surface area contributed by atoms with Crippen molar-refractivity contribution in [3.8, 4) is 11.5 Å². The van der Waals surface area contributed by atoms with E-state index in [0.717, 1.165) is 6.42 Å². The van der Waals surface area contributed by atoms with Crippen molar-refractivity contribution in [1.29, 1.82) is 0 Å². The normalized spacial score (nSPS) is 20.3. The molecule has 1 atom stereocenters. The Bertz CT molecular complexity index is 433. The molecule has 1 amide bonds. The Morgan fingerprint density at radius 1 is 1.35 bits per heavy atom. The largest absolute Gasteiger partial charge is 0.504 e. The summed E-state index contributed by atoms with van der Waals surface area (Å²) in [5.74, 6) is -1.08. The standard InChI is InChI=1S/C12H15NO4/c14-8-3-2-6-13(7-8)12(17)9-4-1-5-10(15)11(9)16/h1,4-5,8,14-16H,2-3,6-7H2. The van der Waals surface area contributed by atoms with Crippen molar-refractivity contribution in [1.82, 2.24) is 4.90 Å². The summed E-state index contributed by atoms with van der Waals surface area (Å²) in [6, 6.07) is 4.28. The summed E-state index contributed by atoms with van der Waals surface area (Å²) >= 11 is 0. The van der Waals surface area contributed by atoms with Gasteiger partial charge in [0.15, 0.2) is 11.5 Å². The number of phenolic OH excluding ortho intramolecular Hbond substituents is 2. The highest BCUT2D eigenvalue weighted by atomic mass is 16.3. The monoisotopic (exact) mass is 237 g/mol. The van der Waals surface area contributed by atoms with Gasteiger partial charge in [0.05, 0.1) is 11.7 Å². The van der Waals surface area contributed by atoms with Crippen LogP contribution in [0, 0.1) is 0 Å². The van der Waals surface area contributed by atoms with Crippen molar-refractivity contribution >= 4 is 5.91 Å². The second-order valence-electron chi connectivity index (χ2n) is 4.22. The van der Waals surface area contributed by atoms with Gasteiger partial charge in [0.25, 0.3) is 5.91 Å². The van der Waals surface area contributed by atoms with Gasteiger partial charge in [0, 0.05) is 13.1 Å². The van der Waals surface area contributed by atoms with Gasteiger partial charge in [-0.2, -0.15) is 0 Å². The van der Waals surface area contributed by atoms with Crippen molar-refractivity contribution in [3.05, 3.63) is 23.8 Å². The summed E-state index contributed by atoms with van der Waals surface area (Å²) in [6.07, 6.45) is 0.926. The van der Waals surface area contributed by atoms with Crippen molar-refractivity contribution in [2.75, 3.05) is 13.1 Å². The highest BCUT2D eigenvalue weighted by Gasteiger charge is 2.25. The zero-order valence-corrected chi connectivity index (χ0v) is 9.33. The van der Waals surface area contributed by atoms with E-state index in [1.165, 1.54) is 23.1 Å². The molecule has 0 radical (unpaired) electrons. The number of β-amino-alcohol motifs (C(OH)–C–C–N with tert-alkyl or cyclic N) is 1. The number of nitrogens with zero attached hydrogens (tertiary/aromatic N) is 1. The van der Waals surface area contributed by atoms with Gasteiger partial charge < -0.3 is 20.2 Å². The molecule has 5 nitrogen and oxygen atoms in total. The number of hydrogen-bond acceptors (Lipinski definition) is 4. The minimum Gasteiger partial charge on any atom is -0.504 e. The minimum absolute atomic E-state index is 0.0686. The lowest BCUT2D eigenvalue weighted by Gasteiger charge is -2.30. The topological polar surface area (TPSA) is 81.0 Å². The number of likely N-dealkylation sites (tertiary alicyclic amines) is 1. The van der Waals surface area contributed by atoms with E-state index in [2.05, 4.69) is 0 Å². The number of aliphatic hydroxyl groups is 1. The summed E-state index contributed by atoms with van der Waals surface area (Å²) in [7, 11) is 0. The van der Waals surface area contributed by atoms with E-state index >= 15 is 0 Å². The zero-order valence-electron chi connectivity index (χ0n) is 9.33. The number of piperidine rings is 1. The number of aliphatic hydroxyl groups excluding tert-OH is 1. The number of hydrogen-bond donors (Lipinski definition) is 3. The number of carbonyl (C=O) groups is 1. The van der Waals surface area contributed by atoms with Gasteiger partial charge in [-0.25, -0.2) is 0 Å². The van der Waals surface area contributed by atoms with Crippen LogP contribution >= 0.6 is 0 Å². The summed E-state index contributed by atoms with van der Waals surface area (Å²) in [4.78, 5) is 13.6. The quantitative estimate of drug-likeness (QED) is 0.628. The molecular formula is C12H15NO4. The van der Waals surface area contributed by atoms with E-state index in [4.69, 9.17) is 0 Å². The van der Waals surface area contributed by atoms with Gasteiger partial charge >= 0.3 is 0 Å². The molecule has 0 saturated carbocycles. The Hall–Kier alpha value is -1.75. The highest BCUT2D eigenvalue weighted by Crippen LogP contribution is 2.29. The molecule has 1 aliphatic rings. The number of phenols is 2. The maximum atomic E-state index is 12.1. The fourth-order valence-corrected chi connectivity index (χ4v) is 2.01. The smallest absolute Gasteiger partial charge is 0.257 e. The van der Waals surface area contributed by atoms with Crippen LogP contribution in [0.1, 0.15) is 23.2 Å². The summed E-state index contributed by atoms with van der Waals surface area (Å²) < 4.78 is 0. The molecule has 17 heavy (non-hydrogen) atoms. The predicted octanol–water partition coefficient (Wildman–Crippen LogP) is 0.695. The van der Waals surface area contributed by atoms with Gasteiger partial charge in [-0.05, 0) is 25.0 Å².